The van der Waals surface area contributed by atoms with E-state index in [2.05, 4.69) is 187 Å². The summed E-state index contributed by atoms with van der Waals surface area (Å²) >= 11 is 1.89. The second kappa shape index (κ2) is 13.2. The van der Waals surface area contributed by atoms with Gasteiger partial charge in [-0.3, -0.25) is 4.57 Å². The summed E-state index contributed by atoms with van der Waals surface area (Å²) in [6.45, 7) is 0. The molecule has 4 nitrogen and oxygen atoms in total. The summed E-state index contributed by atoms with van der Waals surface area (Å²) in [6.07, 6.45) is 0. The van der Waals surface area contributed by atoms with Gasteiger partial charge in [-0.25, -0.2) is 4.98 Å². The molecule has 0 saturated heterocycles. The molecule has 0 bridgehead atoms. The molecule has 1 aliphatic carbocycles. The van der Waals surface area contributed by atoms with Crippen LogP contribution in [-0.4, -0.2) is 19.5 Å². The molecule has 0 amide bonds. The fourth-order valence-electron chi connectivity index (χ4n) is 10.1. The van der Waals surface area contributed by atoms with Gasteiger partial charge in [0.25, 0.3) is 0 Å². The highest BCUT2D eigenvalue weighted by Crippen LogP contribution is 2.63. The first-order chi connectivity index (χ1) is 30.3. The Labute approximate surface area is 356 Å². The van der Waals surface area contributed by atoms with Crippen LogP contribution in [-0.2, 0) is 5.41 Å². The van der Waals surface area contributed by atoms with E-state index in [-0.39, 0.29) is 0 Å². The van der Waals surface area contributed by atoms with Gasteiger partial charge in [-0.15, -0.1) is 0 Å². The van der Waals surface area contributed by atoms with Crippen molar-refractivity contribution in [3.05, 3.63) is 229 Å². The van der Waals surface area contributed by atoms with Crippen molar-refractivity contribution in [2.45, 2.75) is 15.2 Å². The molecule has 1 spiro atoms. The standard InChI is InChI=1S/C56H34N4S/c1-3-15-35(16-4-1)36-27-29-39(30-28-36)54-57-53(38-18-5-2-6-19-38)58-55(59-54)60-47-33-31-37-17-7-8-20-40(37)50(47)51-48(60)34-32-46-52(51)61-49-26-14-13-25-45(49)56(46)43-23-11-9-21-41(43)42-22-10-12-24-44(42)56/h1-34H. The van der Waals surface area contributed by atoms with Crippen molar-refractivity contribution < 1.29 is 0 Å². The highest BCUT2D eigenvalue weighted by molar-refractivity contribution is 7.99. The Kier molecular flexibility index (Phi) is 7.42. The second-order valence-corrected chi connectivity index (χ2v) is 16.9. The lowest BCUT2D eigenvalue weighted by Crippen LogP contribution is -2.32. The van der Waals surface area contributed by atoms with E-state index in [0.29, 0.717) is 17.6 Å². The summed E-state index contributed by atoms with van der Waals surface area (Å²) in [4.78, 5) is 18.4. The number of benzene rings is 9. The number of rotatable bonds is 4. The zero-order chi connectivity index (χ0) is 40.1. The second-order valence-electron chi connectivity index (χ2n) is 15.9. The molecule has 0 N–H and O–H groups in total. The molecule has 5 heteroatoms. The minimum Gasteiger partial charge on any atom is -0.278 e. The van der Waals surface area contributed by atoms with E-state index >= 15 is 0 Å². The zero-order valence-corrected chi connectivity index (χ0v) is 33.6. The van der Waals surface area contributed by atoms with E-state index in [4.69, 9.17) is 15.0 Å². The van der Waals surface area contributed by atoms with Crippen molar-refractivity contribution in [3.63, 3.8) is 0 Å². The maximum Gasteiger partial charge on any atom is 0.238 e. The molecule has 11 aromatic rings. The zero-order valence-electron chi connectivity index (χ0n) is 32.8. The van der Waals surface area contributed by atoms with Crippen LogP contribution >= 0.6 is 11.8 Å². The number of fused-ring (bicyclic) bond motifs is 15. The molecule has 1 aliphatic heterocycles. The molecule has 0 unspecified atom stereocenters. The van der Waals surface area contributed by atoms with Crippen molar-refractivity contribution in [2.75, 3.05) is 0 Å². The number of hydrogen-bond donors (Lipinski definition) is 0. The fraction of sp³-hybridized carbons (Fsp3) is 0.0179. The van der Waals surface area contributed by atoms with Gasteiger partial charge < -0.3 is 0 Å². The lowest BCUT2D eigenvalue weighted by Gasteiger charge is -2.40. The minimum atomic E-state index is -0.496. The summed E-state index contributed by atoms with van der Waals surface area (Å²) in [5.74, 6) is 1.83. The van der Waals surface area contributed by atoms with Crippen molar-refractivity contribution in [3.8, 4) is 51.0 Å². The molecule has 0 radical (unpaired) electrons. The lowest BCUT2D eigenvalue weighted by atomic mass is 9.67. The van der Waals surface area contributed by atoms with Crippen molar-refractivity contribution in [1.82, 2.24) is 19.5 Å². The number of nitrogens with zero attached hydrogens (tertiary/aromatic N) is 4. The average molecular weight is 795 g/mol. The maximum absolute atomic E-state index is 5.37. The first kappa shape index (κ1) is 34.3. The summed E-state index contributed by atoms with van der Waals surface area (Å²) in [6, 6.07) is 74.3. The lowest BCUT2D eigenvalue weighted by molar-refractivity contribution is 0.726. The summed E-state index contributed by atoms with van der Waals surface area (Å²) in [5, 5.41) is 4.80. The highest BCUT2D eigenvalue weighted by atomic mass is 32.2. The Balaban J connectivity index is 1.13. The Morgan fingerprint density at radius 1 is 0.377 bits per heavy atom. The van der Waals surface area contributed by atoms with Gasteiger partial charge in [-0.2, -0.15) is 9.97 Å². The molecule has 3 heterocycles. The predicted molar refractivity (Wildman–Crippen MR) is 249 cm³/mol. The normalized spacial score (nSPS) is 13.3. The van der Waals surface area contributed by atoms with E-state index in [1.807, 2.05) is 36.0 Å². The van der Waals surface area contributed by atoms with Gasteiger partial charge >= 0.3 is 0 Å². The van der Waals surface area contributed by atoms with Crippen LogP contribution in [0.3, 0.4) is 0 Å². The van der Waals surface area contributed by atoms with E-state index in [1.165, 1.54) is 70.3 Å². The number of hydrogen-bond acceptors (Lipinski definition) is 4. The third kappa shape index (κ3) is 4.92. The molecular weight excluding hydrogens is 761 g/mol. The van der Waals surface area contributed by atoms with Gasteiger partial charge in [0.15, 0.2) is 11.6 Å². The molecule has 2 aromatic heterocycles. The van der Waals surface area contributed by atoms with Gasteiger partial charge in [0, 0.05) is 31.7 Å². The summed E-state index contributed by atoms with van der Waals surface area (Å²) in [7, 11) is 0. The molecule has 0 atom stereocenters. The van der Waals surface area contributed by atoms with Gasteiger partial charge in [0.1, 0.15) is 0 Å². The molecule has 13 rings (SSSR count). The Hall–Kier alpha value is -7.60. The fourth-order valence-corrected chi connectivity index (χ4v) is 11.5. The Bertz CT molecular complexity index is 3510. The van der Waals surface area contributed by atoms with Crippen LogP contribution in [0.1, 0.15) is 22.3 Å². The molecule has 284 valence electrons. The molecule has 0 fully saturated rings. The van der Waals surface area contributed by atoms with Crippen molar-refractivity contribution >= 4 is 44.3 Å². The molecule has 2 aliphatic rings. The first-order valence-corrected chi connectivity index (χ1v) is 21.5. The van der Waals surface area contributed by atoms with Crippen LogP contribution in [0.2, 0.25) is 0 Å². The van der Waals surface area contributed by atoms with E-state index in [1.54, 1.807) is 0 Å². The molecule has 0 saturated carbocycles. The number of aromatic nitrogens is 4. The maximum atomic E-state index is 5.37. The largest absolute Gasteiger partial charge is 0.278 e. The van der Waals surface area contributed by atoms with Crippen LogP contribution in [0, 0.1) is 0 Å². The van der Waals surface area contributed by atoms with Gasteiger partial charge in [0.2, 0.25) is 5.95 Å². The molecule has 61 heavy (non-hydrogen) atoms. The third-order valence-corrected chi connectivity index (χ3v) is 13.9. The van der Waals surface area contributed by atoms with Crippen molar-refractivity contribution in [1.29, 1.82) is 0 Å². The monoisotopic (exact) mass is 794 g/mol. The van der Waals surface area contributed by atoms with E-state index in [0.717, 1.165) is 27.7 Å². The SMILES string of the molecule is c1ccc(-c2ccc(-c3nc(-c4ccccc4)nc(-n4c5ccc6c(c5c5c7ccccc7ccc54)Sc4ccccc4C64c5ccccc5-c5ccccc54)n3)cc2)cc1. The third-order valence-electron chi connectivity index (χ3n) is 12.7. The topological polar surface area (TPSA) is 43.6 Å². The van der Waals surface area contributed by atoms with Crippen molar-refractivity contribution in [2.24, 2.45) is 0 Å². The van der Waals surface area contributed by atoms with Gasteiger partial charge in [0.05, 0.1) is 16.4 Å². The smallest absolute Gasteiger partial charge is 0.238 e. The molecule has 9 aromatic carbocycles. The van der Waals surface area contributed by atoms with Crippen LogP contribution in [0.25, 0.3) is 83.6 Å². The highest BCUT2D eigenvalue weighted by Gasteiger charge is 2.50. The quantitative estimate of drug-likeness (QED) is 0.178. The van der Waals surface area contributed by atoms with Crippen LogP contribution in [0.15, 0.2) is 216 Å². The summed E-state index contributed by atoms with van der Waals surface area (Å²) in [5.41, 5.74) is 13.7. The summed E-state index contributed by atoms with van der Waals surface area (Å²) < 4.78 is 2.28. The van der Waals surface area contributed by atoms with Gasteiger partial charge in [-0.05, 0) is 73.5 Å². The predicted octanol–water partition coefficient (Wildman–Crippen LogP) is 14.0. The van der Waals surface area contributed by atoms with Crippen LogP contribution in [0.5, 0.6) is 0 Å². The first-order valence-electron chi connectivity index (χ1n) is 20.7. The minimum absolute atomic E-state index is 0.496. The average Bonchev–Trinajstić information content (AvgIpc) is 3.84. The van der Waals surface area contributed by atoms with E-state index < -0.39 is 5.41 Å². The van der Waals surface area contributed by atoms with Crippen LogP contribution in [0.4, 0.5) is 0 Å². The van der Waals surface area contributed by atoms with Gasteiger partial charge in [-0.1, -0.05) is 200 Å². The Morgan fingerprint density at radius 3 is 1.62 bits per heavy atom. The Morgan fingerprint density at radius 2 is 0.902 bits per heavy atom. The van der Waals surface area contributed by atoms with Crippen LogP contribution < -0.4 is 0 Å². The molecular formula is C56H34N4S. The van der Waals surface area contributed by atoms with E-state index in [9.17, 15) is 0 Å².